The topological polar surface area (TPSA) is 59.3 Å². The molecule has 1 amide bonds. The molecule has 0 aliphatic carbocycles. The molecule has 2 aromatic carbocycles. The fourth-order valence-electron chi connectivity index (χ4n) is 2.96. The van der Waals surface area contributed by atoms with Crippen molar-refractivity contribution in [1.82, 2.24) is 14.6 Å². The number of pyridine rings is 1. The number of carbonyl (C=O) groups excluding carboxylic acids is 1. The number of anilines is 1. The zero-order chi connectivity index (χ0) is 19.0. The van der Waals surface area contributed by atoms with Crippen molar-refractivity contribution >= 4 is 51.5 Å². The van der Waals surface area contributed by atoms with Crippen molar-refractivity contribution in [3.8, 4) is 0 Å². The molecule has 0 saturated heterocycles. The Morgan fingerprint density at radius 1 is 1.15 bits per heavy atom. The van der Waals surface area contributed by atoms with Crippen LogP contribution in [0.25, 0.3) is 16.6 Å². The van der Waals surface area contributed by atoms with Crippen LogP contribution in [0.4, 0.5) is 5.69 Å². The van der Waals surface area contributed by atoms with E-state index in [9.17, 15) is 4.79 Å². The van der Waals surface area contributed by atoms with Crippen LogP contribution in [0.15, 0.2) is 59.8 Å². The van der Waals surface area contributed by atoms with Crippen LogP contribution < -0.4 is 5.32 Å². The Morgan fingerprint density at radius 2 is 1.89 bits per heavy atom. The van der Waals surface area contributed by atoms with E-state index >= 15 is 0 Å². The second kappa shape index (κ2) is 7.21. The van der Waals surface area contributed by atoms with Gasteiger partial charge in [0.1, 0.15) is 0 Å². The molecule has 0 radical (unpaired) electrons. The summed E-state index contributed by atoms with van der Waals surface area (Å²) in [5, 5.41) is 13.4. The number of rotatable bonds is 4. The highest BCUT2D eigenvalue weighted by molar-refractivity contribution is 8.00. The highest BCUT2D eigenvalue weighted by atomic mass is 35.5. The first-order valence-electron chi connectivity index (χ1n) is 8.50. The lowest BCUT2D eigenvalue weighted by Crippen LogP contribution is -2.22. The fourth-order valence-corrected chi connectivity index (χ4v) is 4.01. The van der Waals surface area contributed by atoms with Crippen molar-refractivity contribution in [2.24, 2.45) is 0 Å². The Balaban J connectivity index is 1.64. The molecule has 0 aliphatic heterocycles. The summed E-state index contributed by atoms with van der Waals surface area (Å²) in [6, 6.07) is 17.3. The molecule has 0 aliphatic rings. The highest BCUT2D eigenvalue weighted by Gasteiger charge is 2.20. The summed E-state index contributed by atoms with van der Waals surface area (Å²) in [6.07, 6.45) is 0. The summed E-state index contributed by atoms with van der Waals surface area (Å²) in [7, 11) is 0. The molecule has 2 aromatic heterocycles. The van der Waals surface area contributed by atoms with Gasteiger partial charge in [0, 0.05) is 5.39 Å². The number of para-hydroxylation sites is 2. The first kappa shape index (κ1) is 17.8. The number of nitrogens with zero attached hydrogens (tertiary/aromatic N) is 3. The van der Waals surface area contributed by atoms with Gasteiger partial charge in [-0.1, -0.05) is 53.7 Å². The zero-order valence-electron chi connectivity index (χ0n) is 14.8. The predicted molar refractivity (Wildman–Crippen MR) is 111 cm³/mol. The van der Waals surface area contributed by atoms with E-state index in [-0.39, 0.29) is 11.2 Å². The van der Waals surface area contributed by atoms with Crippen molar-refractivity contribution in [1.29, 1.82) is 0 Å². The summed E-state index contributed by atoms with van der Waals surface area (Å²) >= 11 is 7.49. The minimum absolute atomic E-state index is 0.138. The Morgan fingerprint density at radius 3 is 2.70 bits per heavy atom. The van der Waals surface area contributed by atoms with E-state index in [1.807, 2.05) is 47.7 Å². The van der Waals surface area contributed by atoms with Gasteiger partial charge in [0.15, 0.2) is 10.8 Å². The molecular formula is C20H17ClN4OS. The number of carbonyl (C=O) groups is 1. The van der Waals surface area contributed by atoms with Crippen LogP contribution in [0, 0.1) is 6.92 Å². The van der Waals surface area contributed by atoms with Crippen LogP contribution in [0.1, 0.15) is 12.5 Å². The third kappa shape index (κ3) is 3.38. The average Bonchev–Trinajstić information content (AvgIpc) is 3.06. The molecule has 7 heteroatoms. The third-order valence-electron chi connectivity index (χ3n) is 4.36. The summed E-state index contributed by atoms with van der Waals surface area (Å²) < 4.78 is 1.99. The molecule has 136 valence electrons. The highest BCUT2D eigenvalue weighted by Crippen LogP contribution is 2.29. The number of hydrogen-bond acceptors (Lipinski definition) is 4. The lowest BCUT2D eigenvalue weighted by molar-refractivity contribution is -0.115. The van der Waals surface area contributed by atoms with E-state index in [0.717, 1.165) is 22.1 Å². The van der Waals surface area contributed by atoms with Crippen LogP contribution in [-0.4, -0.2) is 25.8 Å². The van der Waals surface area contributed by atoms with Gasteiger partial charge < -0.3 is 5.32 Å². The minimum atomic E-state index is -0.367. The normalized spacial score (nSPS) is 12.4. The minimum Gasteiger partial charge on any atom is -0.324 e. The van der Waals surface area contributed by atoms with Gasteiger partial charge >= 0.3 is 0 Å². The predicted octanol–water partition coefficient (Wildman–Crippen LogP) is 4.96. The Hall–Kier alpha value is -2.57. The van der Waals surface area contributed by atoms with Gasteiger partial charge in [-0.3, -0.25) is 9.20 Å². The number of amides is 1. The zero-order valence-corrected chi connectivity index (χ0v) is 16.4. The van der Waals surface area contributed by atoms with Gasteiger partial charge in [0.25, 0.3) is 0 Å². The van der Waals surface area contributed by atoms with E-state index in [4.69, 9.17) is 11.6 Å². The molecule has 0 bridgehead atoms. The van der Waals surface area contributed by atoms with E-state index in [1.165, 1.54) is 11.8 Å². The molecule has 1 atom stereocenters. The van der Waals surface area contributed by atoms with E-state index in [0.29, 0.717) is 15.9 Å². The fraction of sp³-hybridized carbons (Fsp3) is 0.150. The average molecular weight is 397 g/mol. The van der Waals surface area contributed by atoms with Crippen molar-refractivity contribution in [3.05, 3.63) is 65.2 Å². The molecular weight excluding hydrogens is 380 g/mol. The molecule has 1 N–H and O–H groups in total. The third-order valence-corrected chi connectivity index (χ3v) is 5.73. The van der Waals surface area contributed by atoms with Crippen molar-refractivity contribution in [3.63, 3.8) is 0 Å². The van der Waals surface area contributed by atoms with Crippen LogP contribution in [0.3, 0.4) is 0 Å². The number of thioether (sulfide) groups is 1. The maximum atomic E-state index is 12.6. The molecule has 4 rings (SSSR count). The molecule has 0 fully saturated rings. The van der Waals surface area contributed by atoms with Gasteiger partial charge in [-0.2, -0.15) is 0 Å². The van der Waals surface area contributed by atoms with Crippen LogP contribution in [0.5, 0.6) is 0 Å². The van der Waals surface area contributed by atoms with Crippen molar-refractivity contribution in [2.75, 3.05) is 5.32 Å². The van der Waals surface area contributed by atoms with E-state index in [1.54, 1.807) is 12.1 Å². The lowest BCUT2D eigenvalue weighted by atomic mass is 10.1. The number of aryl methyl sites for hydroxylation is 1. The number of aromatic nitrogens is 3. The van der Waals surface area contributed by atoms with Crippen molar-refractivity contribution in [2.45, 2.75) is 24.3 Å². The standard InChI is InChI=1S/C20H17ClN4OS/c1-12-11-18-23-24-20(25(18)17-10-6-3-7-14(12)17)27-13(2)19(26)22-16-9-5-4-8-15(16)21/h3-11,13H,1-2H3,(H,22,26). The summed E-state index contributed by atoms with van der Waals surface area (Å²) in [6.45, 7) is 3.90. The van der Waals surface area contributed by atoms with E-state index in [2.05, 4.69) is 28.5 Å². The largest absolute Gasteiger partial charge is 0.324 e. The maximum absolute atomic E-state index is 12.6. The number of fused-ring (bicyclic) bond motifs is 3. The monoisotopic (exact) mass is 396 g/mol. The number of benzene rings is 2. The van der Waals surface area contributed by atoms with Gasteiger partial charge in [0.2, 0.25) is 5.91 Å². The van der Waals surface area contributed by atoms with E-state index < -0.39 is 0 Å². The van der Waals surface area contributed by atoms with Crippen molar-refractivity contribution < 1.29 is 4.79 Å². The summed E-state index contributed by atoms with van der Waals surface area (Å²) in [5.41, 5.74) is 3.54. The molecule has 27 heavy (non-hydrogen) atoms. The smallest absolute Gasteiger partial charge is 0.237 e. The Bertz CT molecular complexity index is 1160. The summed E-state index contributed by atoms with van der Waals surface area (Å²) in [5.74, 6) is -0.138. The Kier molecular flexibility index (Phi) is 4.76. The van der Waals surface area contributed by atoms with Crippen LogP contribution >= 0.6 is 23.4 Å². The quantitative estimate of drug-likeness (QED) is 0.495. The second-order valence-corrected chi connectivity index (χ2v) is 7.97. The molecule has 5 nitrogen and oxygen atoms in total. The number of nitrogens with one attached hydrogen (secondary N) is 1. The second-order valence-electron chi connectivity index (χ2n) is 6.25. The number of hydrogen-bond donors (Lipinski definition) is 1. The summed E-state index contributed by atoms with van der Waals surface area (Å²) in [4.78, 5) is 12.6. The maximum Gasteiger partial charge on any atom is 0.237 e. The SMILES string of the molecule is Cc1cc2nnc(SC(C)C(=O)Nc3ccccc3Cl)n2c2ccccc12. The molecule has 4 aromatic rings. The lowest BCUT2D eigenvalue weighted by Gasteiger charge is -2.13. The molecule has 0 saturated carbocycles. The first-order valence-corrected chi connectivity index (χ1v) is 9.76. The Labute approximate surface area is 165 Å². The molecule has 0 spiro atoms. The number of halogens is 1. The van der Waals surface area contributed by atoms with Gasteiger partial charge in [-0.15, -0.1) is 10.2 Å². The molecule has 2 heterocycles. The van der Waals surface area contributed by atoms with Gasteiger partial charge in [0.05, 0.1) is 21.5 Å². The first-order chi connectivity index (χ1) is 13.0. The van der Waals surface area contributed by atoms with Gasteiger partial charge in [-0.05, 0) is 43.7 Å². The van der Waals surface area contributed by atoms with Gasteiger partial charge in [-0.25, -0.2) is 0 Å². The van der Waals surface area contributed by atoms with Crippen LogP contribution in [-0.2, 0) is 4.79 Å². The molecule has 1 unspecified atom stereocenters. The van der Waals surface area contributed by atoms with Crippen LogP contribution in [0.2, 0.25) is 5.02 Å².